The van der Waals surface area contributed by atoms with Crippen LogP contribution in [0, 0.1) is 6.92 Å². The Morgan fingerprint density at radius 2 is 2.12 bits per heavy atom. The summed E-state index contributed by atoms with van der Waals surface area (Å²) in [6.07, 6.45) is 5.11. The van der Waals surface area contributed by atoms with E-state index in [9.17, 15) is 14.4 Å². The quantitative estimate of drug-likeness (QED) is 0.264. The molecule has 41 heavy (non-hydrogen) atoms. The Kier molecular flexibility index (Phi) is 6.40. The molecule has 1 aromatic carbocycles. The standard InChI is InChI=1S/C28H28N8O5/c1-3-35-20(11-16(2)34-35)25(38)33-26-32-19-12-17(24(29)37)13-21-23(19)36(26)28(14-22(28)41-21)8-6-10-31-27(39)40-15-18-7-4-5-9-30-18/h4-9,11-13,22H,3,10,14-15H2,1-2H3,(H2,29,37)(H,31,39)(H,32,33,38)/b8-6+/t22?,28-/m1/s1. The van der Waals surface area contributed by atoms with Crippen molar-refractivity contribution in [3.05, 3.63) is 77.4 Å². The van der Waals surface area contributed by atoms with Gasteiger partial charge in [0.25, 0.3) is 5.91 Å². The number of hydrogen-bond acceptors (Lipinski definition) is 8. The highest BCUT2D eigenvalue weighted by Gasteiger charge is 2.60. The number of benzene rings is 1. The van der Waals surface area contributed by atoms with Gasteiger partial charge in [-0.15, -0.1) is 0 Å². The molecule has 4 heterocycles. The van der Waals surface area contributed by atoms with E-state index >= 15 is 0 Å². The molecule has 6 rings (SSSR count). The Labute approximate surface area is 234 Å². The molecule has 0 saturated heterocycles. The normalized spacial score (nSPS) is 18.5. The van der Waals surface area contributed by atoms with Gasteiger partial charge in [0.1, 0.15) is 35.2 Å². The van der Waals surface area contributed by atoms with Crippen molar-refractivity contribution in [3.63, 3.8) is 0 Å². The van der Waals surface area contributed by atoms with Gasteiger partial charge in [-0.3, -0.25) is 29.1 Å². The van der Waals surface area contributed by atoms with Gasteiger partial charge < -0.3 is 20.5 Å². The van der Waals surface area contributed by atoms with Crippen molar-refractivity contribution in [3.8, 4) is 5.75 Å². The molecule has 4 aromatic rings. The topological polar surface area (TPSA) is 168 Å². The van der Waals surface area contributed by atoms with Gasteiger partial charge in [-0.2, -0.15) is 5.10 Å². The molecule has 1 unspecified atom stereocenters. The van der Waals surface area contributed by atoms with E-state index in [4.69, 9.17) is 15.2 Å². The van der Waals surface area contributed by atoms with E-state index in [2.05, 4.69) is 25.7 Å². The van der Waals surface area contributed by atoms with E-state index in [0.29, 0.717) is 47.1 Å². The number of primary amides is 1. The maximum atomic E-state index is 13.3. The van der Waals surface area contributed by atoms with E-state index < -0.39 is 17.5 Å². The lowest BCUT2D eigenvalue weighted by molar-refractivity contribution is 0.0995. The van der Waals surface area contributed by atoms with Crippen LogP contribution < -0.4 is 21.1 Å². The SMILES string of the molecule is CCn1nc(C)cc1C(=O)Nc1nc2cc(C(N)=O)cc3c2n1[C@]1(/C=C/CNC(=O)OCc2ccccn2)CC1O3. The second kappa shape index (κ2) is 10.1. The Morgan fingerprint density at radius 3 is 2.88 bits per heavy atom. The number of alkyl carbamates (subject to hydrolysis) is 1. The zero-order chi connectivity index (χ0) is 28.7. The summed E-state index contributed by atoms with van der Waals surface area (Å²) >= 11 is 0. The second-order valence-electron chi connectivity index (χ2n) is 9.90. The van der Waals surface area contributed by atoms with Crippen LogP contribution in [0.15, 0.2) is 54.7 Å². The van der Waals surface area contributed by atoms with Crippen LogP contribution in [-0.4, -0.2) is 54.9 Å². The van der Waals surface area contributed by atoms with Crippen LogP contribution in [0.2, 0.25) is 0 Å². The number of hydrogen-bond donors (Lipinski definition) is 3. The van der Waals surface area contributed by atoms with Gasteiger partial charge in [0, 0.05) is 31.3 Å². The third-order valence-electron chi connectivity index (χ3n) is 7.10. The number of imidazole rings is 1. The molecule has 210 valence electrons. The maximum absolute atomic E-state index is 13.3. The summed E-state index contributed by atoms with van der Waals surface area (Å²) in [7, 11) is 0. The van der Waals surface area contributed by atoms with Gasteiger partial charge in [-0.1, -0.05) is 18.2 Å². The average Bonchev–Trinajstić information content (AvgIpc) is 3.33. The lowest BCUT2D eigenvalue weighted by Gasteiger charge is -2.25. The van der Waals surface area contributed by atoms with Crippen molar-refractivity contribution < 1.29 is 23.9 Å². The number of nitrogens with two attached hydrogens (primary N) is 1. The molecule has 1 saturated carbocycles. The lowest BCUT2D eigenvalue weighted by Crippen LogP contribution is -2.30. The number of fused-ring (bicyclic) bond motifs is 2. The fourth-order valence-electron chi connectivity index (χ4n) is 5.13. The van der Waals surface area contributed by atoms with Gasteiger partial charge in [0.15, 0.2) is 0 Å². The Hall–Kier alpha value is -5.20. The molecule has 1 aliphatic heterocycles. The van der Waals surface area contributed by atoms with Crippen LogP contribution in [0.25, 0.3) is 11.0 Å². The molecular formula is C28H28N8O5. The first kappa shape index (κ1) is 26.0. The Balaban J connectivity index is 1.26. The summed E-state index contributed by atoms with van der Waals surface area (Å²) in [4.78, 5) is 46.3. The third kappa shape index (κ3) is 4.75. The summed E-state index contributed by atoms with van der Waals surface area (Å²) in [5, 5.41) is 10.00. The summed E-state index contributed by atoms with van der Waals surface area (Å²) in [5.74, 6) is -0.215. The van der Waals surface area contributed by atoms with E-state index in [1.807, 2.05) is 30.6 Å². The number of carbonyl (C=O) groups is 3. The fraction of sp³-hybridized carbons (Fsp3) is 0.286. The van der Waals surface area contributed by atoms with Crippen LogP contribution in [0.3, 0.4) is 0 Å². The van der Waals surface area contributed by atoms with Crippen molar-refractivity contribution in [1.29, 1.82) is 0 Å². The zero-order valence-corrected chi connectivity index (χ0v) is 22.5. The number of nitrogens with zero attached hydrogens (tertiary/aromatic N) is 5. The number of aromatic nitrogens is 5. The van der Waals surface area contributed by atoms with Crippen molar-refractivity contribution in [1.82, 2.24) is 29.6 Å². The van der Waals surface area contributed by atoms with Gasteiger partial charge in [0.05, 0.1) is 16.9 Å². The number of carbonyl (C=O) groups excluding carboxylic acids is 3. The number of nitrogens with one attached hydrogen (secondary N) is 2. The minimum absolute atomic E-state index is 0.0624. The highest BCUT2D eigenvalue weighted by molar-refractivity contribution is 6.04. The maximum Gasteiger partial charge on any atom is 0.407 e. The van der Waals surface area contributed by atoms with Crippen molar-refractivity contribution >= 4 is 34.9 Å². The number of aryl methyl sites for hydroxylation is 2. The third-order valence-corrected chi connectivity index (χ3v) is 7.10. The molecule has 3 amide bonds. The number of pyridine rings is 1. The molecular weight excluding hydrogens is 528 g/mol. The van der Waals surface area contributed by atoms with Gasteiger partial charge in [0.2, 0.25) is 11.9 Å². The number of rotatable bonds is 9. The minimum Gasteiger partial charge on any atom is -0.485 e. The first-order valence-corrected chi connectivity index (χ1v) is 13.2. The van der Waals surface area contributed by atoms with Crippen LogP contribution in [0.5, 0.6) is 5.75 Å². The predicted octanol–water partition coefficient (Wildman–Crippen LogP) is 2.65. The van der Waals surface area contributed by atoms with E-state index in [1.165, 1.54) is 0 Å². The zero-order valence-electron chi connectivity index (χ0n) is 22.5. The molecule has 0 spiro atoms. The van der Waals surface area contributed by atoms with Crippen molar-refractivity contribution in [2.75, 3.05) is 11.9 Å². The molecule has 1 aliphatic carbocycles. The summed E-state index contributed by atoms with van der Waals surface area (Å²) in [6.45, 7) is 4.52. The molecule has 2 aliphatic rings. The molecule has 3 aromatic heterocycles. The smallest absolute Gasteiger partial charge is 0.407 e. The van der Waals surface area contributed by atoms with E-state index in [-0.39, 0.29) is 30.7 Å². The molecule has 4 N–H and O–H groups in total. The van der Waals surface area contributed by atoms with Crippen LogP contribution in [0.4, 0.5) is 10.7 Å². The van der Waals surface area contributed by atoms with Crippen molar-refractivity contribution in [2.45, 2.75) is 45.1 Å². The van der Waals surface area contributed by atoms with E-state index in [0.717, 1.165) is 5.69 Å². The van der Waals surface area contributed by atoms with Crippen molar-refractivity contribution in [2.24, 2.45) is 5.73 Å². The first-order valence-electron chi connectivity index (χ1n) is 13.2. The van der Waals surface area contributed by atoms with Gasteiger partial charge in [-0.25, -0.2) is 9.78 Å². The molecule has 13 heteroatoms. The highest BCUT2D eigenvalue weighted by Crippen LogP contribution is 2.56. The molecule has 0 bridgehead atoms. The molecule has 13 nitrogen and oxygen atoms in total. The second-order valence-corrected chi connectivity index (χ2v) is 9.90. The lowest BCUT2D eigenvalue weighted by atomic mass is 10.1. The number of ether oxygens (including phenoxy) is 2. The molecule has 1 fully saturated rings. The highest BCUT2D eigenvalue weighted by atomic mass is 16.5. The van der Waals surface area contributed by atoms with Gasteiger partial charge >= 0.3 is 6.09 Å². The molecule has 2 atom stereocenters. The minimum atomic E-state index is -0.654. The van der Waals surface area contributed by atoms with Crippen LogP contribution >= 0.6 is 0 Å². The summed E-state index contributed by atoms with van der Waals surface area (Å²) in [6, 6.07) is 10.3. The first-order chi connectivity index (χ1) is 19.8. The summed E-state index contributed by atoms with van der Waals surface area (Å²) < 4.78 is 15.0. The monoisotopic (exact) mass is 556 g/mol. The number of anilines is 1. The van der Waals surface area contributed by atoms with Crippen LogP contribution in [0.1, 0.15) is 45.6 Å². The summed E-state index contributed by atoms with van der Waals surface area (Å²) in [5.41, 5.74) is 8.01. The van der Waals surface area contributed by atoms with Gasteiger partial charge in [-0.05, 0) is 44.2 Å². The average molecular weight is 557 g/mol. The molecule has 0 radical (unpaired) electrons. The number of amides is 3. The van der Waals surface area contributed by atoms with E-state index in [1.54, 1.807) is 47.3 Å². The fourth-order valence-corrected chi connectivity index (χ4v) is 5.13. The predicted molar refractivity (Wildman–Crippen MR) is 147 cm³/mol. The largest absolute Gasteiger partial charge is 0.485 e. The Bertz CT molecular complexity index is 1710. The van der Waals surface area contributed by atoms with Crippen LogP contribution in [-0.2, 0) is 23.4 Å². The Morgan fingerprint density at radius 1 is 1.27 bits per heavy atom.